The molecule has 0 aliphatic carbocycles. The monoisotopic (exact) mass is 326 g/mol. The largest absolute Gasteiger partial charge is 0.348 e. The number of carbonyl (C=O) groups is 2. The minimum absolute atomic E-state index is 0.110. The first-order valence-electron chi connectivity index (χ1n) is 8.66. The lowest BCUT2D eigenvalue weighted by Crippen LogP contribution is -2.58. The van der Waals surface area contributed by atoms with E-state index in [-0.39, 0.29) is 29.9 Å². The Balaban J connectivity index is 1.50. The van der Waals surface area contributed by atoms with Crippen molar-refractivity contribution in [2.75, 3.05) is 0 Å². The number of para-hydroxylation sites is 1. The number of amides is 2. The van der Waals surface area contributed by atoms with Gasteiger partial charge in [-0.05, 0) is 38.2 Å². The Kier molecular flexibility index (Phi) is 3.75. The maximum absolute atomic E-state index is 12.6. The minimum Gasteiger partial charge on any atom is -0.348 e. The number of fused-ring (bicyclic) bond motifs is 3. The molecule has 2 aliphatic rings. The summed E-state index contributed by atoms with van der Waals surface area (Å²) in [6.07, 6.45) is 4.92. The number of piperidine rings is 2. The summed E-state index contributed by atoms with van der Waals surface area (Å²) in [6, 6.07) is 8.27. The van der Waals surface area contributed by atoms with Crippen molar-refractivity contribution in [2.45, 2.75) is 57.2 Å². The van der Waals surface area contributed by atoms with Crippen LogP contribution in [0.5, 0.6) is 0 Å². The van der Waals surface area contributed by atoms with Gasteiger partial charge in [0.15, 0.2) is 5.69 Å². The van der Waals surface area contributed by atoms with Crippen molar-refractivity contribution >= 4 is 22.7 Å². The second kappa shape index (κ2) is 5.92. The predicted octanol–water partition coefficient (Wildman–Crippen LogP) is 2.22. The molecule has 126 valence electrons. The fourth-order valence-electron chi connectivity index (χ4n) is 4.40. The molecule has 4 rings (SSSR count). The Hall–Kier alpha value is -2.37. The third-order valence-corrected chi connectivity index (χ3v) is 5.36. The van der Waals surface area contributed by atoms with Crippen LogP contribution in [-0.2, 0) is 4.79 Å². The smallest absolute Gasteiger partial charge is 0.272 e. The van der Waals surface area contributed by atoms with E-state index in [1.807, 2.05) is 29.2 Å². The number of H-pyrrole nitrogens is 1. The second-order valence-corrected chi connectivity index (χ2v) is 6.92. The molecular formula is C18H22N4O2. The zero-order valence-corrected chi connectivity index (χ0v) is 13.8. The molecule has 1 aromatic carbocycles. The summed E-state index contributed by atoms with van der Waals surface area (Å²) >= 11 is 0. The highest BCUT2D eigenvalue weighted by molar-refractivity contribution is 6.04. The zero-order valence-electron chi connectivity index (χ0n) is 13.8. The van der Waals surface area contributed by atoms with Gasteiger partial charge in [0.2, 0.25) is 5.91 Å². The normalized spacial score (nSPS) is 26.4. The van der Waals surface area contributed by atoms with Gasteiger partial charge < -0.3 is 10.2 Å². The van der Waals surface area contributed by atoms with E-state index >= 15 is 0 Å². The van der Waals surface area contributed by atoms with Crippen LogP contribution >= 0.6 is 0 Å². The number of aromatic nitrogens is 2. The SMILES string of the molecule is CC(=O)N1C2CCCC1CC(NC(=O)c1n[nH]c3ccccc13)C2. The van der Waals surface area contributed by atoms with E-state index < -0.39 is 0 Å². The summed E-state index contributed by atoms with van der Waals surface area (Å²) in [4.78, 5) is 26.6. The average Bonchev–Trinajstić information content (AvgIpc) is 2.98. The Morgan fingerprint density at radius 2 is 1.92 bits per heavy atom. The Bertz CT molecular complexity index is 770. The highest BCUT2D eigenvalue weighted by Crippen LogP contribution is 2.34. The Morgan fingerprint density at radius 1 is 1.21 bits per heavy atom. The summed E-state index contributed by atoms with van der Waals surface area (Å²) in [7, 11) is 0. The third-order valence-electron chi connectivity index (χ3n) is 5.36. The molecule has 2 atom stereocenters. The molecule has 0 spiro atoms. The molecule has 2 bridgehead atoms. The van der Waals surface area contributed by atoms with Gasteiger partial charge in [-0.3, -0.25) is 14.7 Å². The highest BCUT2D eigenvalue weighted by atomic mass is 16.2. The van der Waals surface area contributed by atoms with Gasteiger partial charge in [-0.25, -0.2) is 0 Å². The number of hydrogen-bond acceptors (Lipinski definition) is 3. The fraction of sp³-hybridized carbons (Fsp3) is 0.500. The van der Waals surface area contributed by atoms with Crippen LogP contribution in [0.15, 0.2) is 24.3 Å². The molecule has 0 saturated carbocycles. The molecule has 2 N–H and O–H groups in total. The molecule has 2 fully saturated rings. The van der Waals surface area contributed by atoms with Crippen molar-refractivity contribution in [1.82, 2.24) is 20.4 Å². The summed E-state index contributed by atoms with van der Waals surface area (Å²) in [5.41, 5.74) is 1.32. The molecule has 2 aliphatic heterocycles. The molecule has 2 saturated heterocycles. The molecule has 2 aromatic rings. The third kappa shape index (κ3) is 2.56. The van der Waals surface area contributed by atoms with Crippen molar-refractivity contribution in [3.63, 3.8) is 0 Å². The Morgan fingerprint density at radius 3 is 2.62 bits per heavy atom. The lowest BCUT2D eigenvalue weighted by molar-refractivity contribution is -0.138. The van der Waals surface area contributed by atoms with Crippen molar-refractivity contribution in [1.29, 1.82) is 0 Å². The number of rotatable bonds is 2. The molecule has 6 heteroatoms. The maximum Gasteiger partial charge on any atom is 0.272 e. The van der Waals surface area contributed by atoms with Crippen LogP contribution in [0.1, 0.15) is 49.5 Å². The predicted molar refractivity (Wildman–Crippen MR) is 90.5 cm³/mol. The van der Waals surface area contributed by atoms with Crippen LogP contribution in [0.25, 0.3) is 10.9 Å². The zero-order chi connectivity index (χ0) is 16.7. The summed E-state index contributed by atoms with van der Waals surface area (Å²) in [6.45, 7) is 1.65. The molecule has 2 amide bonds. The van der Waals surface area contributed by atoms with E-state index in [1.165, 1.54) is 6.42 Å². The molecular weight excluding hydrogens is 304 g/mol. The summed E-state index contributed by atoms with van der Waals surface area (Å²) < 4.78 is 0. The van der Waals surface area contributed by atoms with Gasteiger partial charge in [0.25, 0.3) is 5.91 Å². The van der Waals surface area contributed by atoms with E-state index in [9.17, 15) is 9.59 Å². The quantitative estimate of drug-likeness (QED) is 0.888. The average molecular weight is 326 g/mol. The van der Waals surface area contributed by atoms with E-state index in [1.54, 1.807) is 6.92 Å². The van der Waals surface area contributed by atoms with E-state index in [0.29, 0.717) is 5.69 Å². The van der Waals surface area contributed by atoms with Gasteiger partial charge >= 0.3 is 0 Å². The van der Waals surface area contributed by atoms with Crippen molar-refractivity contribution in [3.05, 3.63) is 30.0 Å². The van der Waals surface area contributed by atoms with Gasteiger partial charge in [0, 0.05) is 30.4 Å². The molecule has 24 heavy (non-hydrogen) atoms. The van der Waals surface area contributed by atoms with Gasteiger partial charge in [-0.1, -0.05) is 18.2 Å². The van der Waals surface area contributed by atoms with E-state index in [2.05, 4.69) is 15.5 Å². The van der Waals surface area contributed by atoms with Crippen molar-refractivity contribution < 1.29 is 9.59 Å². The van der Waals surface area contributed by atoms with Gasteiger partial charge in [0.1, 0.15) is 0 Å². The standard InChI is InChI=1S/C18H22N4O2/c1-11(23)22-13-5-4-6-14(22)10-12(9-13)19-18(24)17-15-7-2-3-8-16(15)20-21-17/h2-3,7-8,12-14H,4-6,9-10H2,1H3,(H,19,24)(H,20,21). The molecule has 3 heterocycles. The number of hydrogen-bond donors (Lipinski definition) is 2. The number of benzene rings is 1. The Labute approximate surface area is 140 Å². The van der Waals surface area contributed by atoms with Crippen LogP contribution in [-0.4, -0.2) is 45.0 Å². The van der Waals surface area contributed by atoms with E-state index in [4.69, 9.17) is 0 Å². The summed E-state index contributed by atoms with van der Waals surface area (Å²) in [5.74, 6) is 0.0274. The summed E-state index contributed by atoms with van der Waals surface area (Å²) in [5, 5.41) is 11.1. The highest BCUT2D eigenvalue weighted by Gasteiger charge is 2.40. The molecule has 1 aromatic heterocycles. The second-order valence-electron chi connectivity index (χ2n) is 6.92. The molecule has 2 unspecified atom stereocenters. The van der Waals surface area contributed by atoms with Gasteiger partial charge in [0.05, 0.1) is 5.52 Å². The molecule has 0 radical (unpaired) electrons. The first-order valence-corrected chi connectivity index (χ1v) is 8.66. The maximum atomic E-state index is 12.6. The van der Waals surface area contributed by atoms with Crippen LogP contribution in [0.2, 0.25) is 0 Å². The van der Waals surface area contributed by atoms with E-state index in [0.717, 1.165) is 36.6 Å². The first-order chi connectivity index (χ1) is 11.6. The van der Waals surface area contributed by atoms with Crippen LogP contribution < -0.4 is 5.32 Å². The van der Waals surface area contributed by atoms with Crippen molar-refractivity contribution in [3.8, 4) is 0 Å². The van der Waals surface area contributed by atoms with Gasteiger partial charge in [-0.15, -0.1) is 0 Å². The van der Waals surface area contributed by atoms with Gasteiger partial charge in [-0.2, -0.15) is 5.10 Å². The van der Waals surface area contributed by atoms with Crippen LogP contribution in [0, 0.1) is 0 Å². The van der Waals surface area contributed by atoms with Crippen LogP contribution in [0.3, 0.4) is 0 Å². The molecule has 6 nitrogen and oxygen atoms in total. The minimum atomic E-state index is -0.133. The first kappa shape index (κ1) is 15.2. The topological polar surface area (TPSA) is 78.1 Å². The fourth-order valence-corrected chi connectivity index (χ4v) is 4.40. The lowest BCUT2D eigenvalue weighted by Gasteiger charge is -2.48. The number of nitrogens with one attached hydrogen (secondary N) is 2. The van der Waals surface area contributed by atoms with Crippen molar-refractivity contribution in [2.24, 2.45) is 0 Å². The number of carbonyl (C=O) groups excluding carboxylic acids is 2. The lowest BCUT2D eigenvalue weighted by atomic mass is 9.81. The number of aromatic amines is 1. The van der Waals surface area contributed by atoms with Crippen LogP contribution in [0.4, 0.5) is 0 Å². The number of nitrogens with zero attached hydrogens (tertiary/aromatic N) is 2.